The summed E-state index contributed by atoms with van der Waals surface area (Å²) >= 11 is 0. The normalized spacial score (nSPS) is 37.3. The molecule has 0 radical (unpaired) electrons. The van der Waals surface area contributed by atoms with E-state index in [1.54, 1.807) is 0 Å². The Bertz CT molecular complexity index is 218. The molecule has 0 heteroatoms. The van der Waals surface area contributed by atoms with E-state index in [-0.39, 0.29) is 0 Å². The third-order valence-corrected chi connectivity index (χ3v) is 3.25. The van der Waals surface area contributed by atoms with E-state index < -0.39 is 0 Å². The van der Waals surface area contributed by atoms with Crippen LogP contribution in [-0.2, 0) is 0 Å². The summed E-state index contributed by atoms with van der Waals surface area (Å²) in [6.45, 7) is 4.39. The van der Waals surface area contributed by atoms with Gasteiger partial charge in [-0.15, -0.1) is 0 Å². The summed E-state index contributed by atoms with van der Waals surface area (Å²) in [6.07, 6.45) is 11.5. The highest BCUT2D eigenvalue weighted by Gasteiger charge is 2.34. The van der Waals surface area contributed by atoms with Gasteiger partial charge in [0, 0.05) is 0 Å². The molecule has 2 aliphatic rings. The largest absolute Gasteiger partial charge is 0.0856 e. The monoisotopic (exact) mass is 162 g/mol. The summed E-state index contributed by atoms with van der Waals surface area (Å²) in [5.74, 6) is 2.83. The lowest BCUT2D eigenvalue weighted by Gasteiger charge is -2.15. The first kappa shape index (κ1) is 8.10. The number of fused-ring (bicyclic) bond motifs is 2. The molecule has 12 heavy (non-hydrogen) atoms. The summed E-state index contributed by atoms with van der Waals surface area (Å²) in [4.78, 5) is 0. The second kappa shape index (κ2) is 3.08. The van der Waals surface area contributed by atoms with Gasteiger partial charge in [0.2, 0.25) is 0 Å². The minimum absolute atomic E-state index is 0.922. The van der Waals surface area contributed by atoms with Gasteiger partial charge in [-0.2, -0.15) is 0 Å². The molecule has 0 aromatic heterocycles. The molecule has 1 saturated carbocycles. The fourth-order valence-corrected chi connectivity index (χ4v) is 2.55. The van der Waals surface area contributed by atoms with Gasteiger partial charge in [-0.3, -0.25) is 0 Å². The van der Waals surface area contributed by atoms with Crippen molar-refractivity contribution in [2.24, 2.45) is 17.8 Å². The zero-order chi connectivity index (χ0) is 8.55. The molecule has 1 fully saturated rings. The number of hydrogen-bond acceptors (Lipinski definition) is 0. The Kier molecular flexibility index (Phi) is 2.08. The first-order valence-electron chi connectivity index (χ1n) is 5.07. The van der Waals surface area contributed by atoms with Crippen molar-refractivity contribution in [1.82, 2.24) is 0 Å². The van der Waals surface area contributed by atoms with Crippen molar-refractivity contribution < 1.29 is 0 Å². The average Bonchev–Trinajstić information content (AvgIpc) is 2.60. The van der Waals surface area contributed by atoms with Crippen LogP contribution in [0.25, 0.3) is 0 Å². The molecular weight excluding hydrogens is 144 g/mol. The molecule has 3 atom stereocenters. The zero-order valence-corrected chi connectivity index (χ0v) is 8.09. The molecule has 2 aliphatic carbocycles. The summed E-state index contributed by atoms with van der Waals surface area (Å²) in [5.41, 5.74) is 1.47. The van der Waals surface area contributed by atoms with Crippen molar-refractivity contribution in [3.8, 4) is 0 Å². The van der Waals surface area contributed by atoms with Crippen LogP contribution in [0.4, 0.5) is 0 Å². The van der Waals surface area contributed by atoms with Crippen LogP contribution in [0.5, 0.6) is 0 Å². The maximum Gasteiger partial charge on any atom is -0.0196 e. The van der Waals surface area contributed by atoms with Crippen molar-refractivity contribution in [3.63, 3.8) is 0 Å². The third kappa shape index (κ3) is 1.48. The highest BCUT2D eigenvalue weighted by molar-refractivity contribution is 5.11. The quantitative estimate of drug-likeness (QED) is 0.545. The summed E-state index contributed by atoms with van der Waals surface area (Å²) < 4.78 is 0. The molecule has 0 nitrogen and oxygen atoms in total. The molecule has 0 aromatic carbocycles. The Morgan fingerprint density at radius 1 is 1.33 bits per heavy atom. The van der Waals surface area contributed by atoms with E-state index >= 15 is 0 Å². The summed E-state index contributed by atoms with van der Waals surface area (Å²) in [5, 5.41) is 0. The van der Waals surface area contributed by atoms with Crippen molar-refractivity contribution in [3.05, 3.63) is 23.8 Å². The molecule has 0 amide bonds. The summed E-state index contributed by atoms with van der Waals surface area (Å²) in [6, 6.07) is 0. The smallest absolute Gasteiger partial charge is 0.0196 e. The van der Waals surface area contributed by atoms with Crippen LogP contribution in [0.15, 0.2) is 23.8 Å². The zero-order valence-electron chi connectivity index (χ0n) is 8.09. The molecule has 0 spiro atoms. The van der Waals surface area contributed by atoms with Gasteiger partial charge in [0.25, 0.3) is 0 Å². The minimum atomic E-state index is 0.922. The van der Waals surface area contributed by atoms with E-state index in [0.717, 1.165) is 17.8 Å². The highest BCUT2D eigenvalue weighted by Crippen LogP contribution is 2.45. The minimum Gasteiger partial charge on any atom is -0.0856 e. The van der Waals surface area contributed by atoms with Gasteiger partial charge in [0.05, 0.1) is 0 Å². The topological polar surface area (TPSA) is 0 Å². The second-order valence-electron chi connectivity index (χ2n) is 4.56. The predicted molar refractivity (Wildman–Crippen MR) is 52.9 cm³/mol. The molecule has 0 aromatic rings. The Morgan fingerprint density at radius 3 is 2.67 bits per heavy atom. The Hall–Kier alpha value is -0.520. The maximum absolute atomic E-state index is 2.44. The van der Waals surface area contributed by atoms with Crippen LogP contribution in [0, 0.1) is 17.8 Å². The number of allylic oxidation sites excluding steroid dienone is 4. The molecule has 2 rings (SSSR count). The van der Waals surface area contributed by atoms with E-state index in [1.165, 1.54) is 24.8 Å². The molecule has 0 heterocycles. The lowest BCUT2D eigenvalue weighted by Crippen LogP contribution is -2.05. The average molecular weight is 162 g/mol. The third-order valence-electron chi connectivity index (χ3n) is 3.25. The fourth-order valence-electron chi connectivity index (χ4n) is 2.55. The van der Waals surface area contributed by atoms with Crippen LogP contribution < -0.4 is 0 Å². The van der Waals surface area contributed by atoms with Crippen LogP contribution in [-0.4, -0.2) is 0 Å². The SMILES string of the molecule is CC(C)=CCC1CC2C=CC1C2. The van der Waals surface area contributed by atoms with Gasteiger partial charge in [0.15, 0.2) is 0 Å². The summed E-state index contributed by atoms with van der Waals surface area (Å²) in [7, 11) is 0. The molecule has 0 N–H and O–H groups in total. The Balaban J connectivity index is 1.91. The van der Waals surface area contributed by atoms with Crippen molar-refractivity contribution in [2.75, 3.05) is 0 Å². The lowest BCUT2D eigenvalue weighted by molar-refractivity contribution is 0.453. The number of hydrogen-bond donors (Lipinski definition) is 0. The first-order chi connectivity index (χ1) is 5.75. The van der Waals surface area contributed by atoms with Crippen molar-refractivity contribution in [1.29, 1.82) is 0 Å². The van der Waals surface area contributed by atoms with Crippen LogP contribution in [0.1, 0.15) is 33.1 Å². The van der Waals surface area contributed by atoms with Gasteiger partial charge in [-0.05, 0) is 50.9 Å². The molecule has 66 valence electrons. The lowest BCUT2D eigenvalue weighted by atomic mass is 9.90. The standard InChI is InChI=1S/C12H18/c1-9(2)3-5-11-7-10-4-6-12(11)8-10/h3-4,6,10-12H,5,7-8H2,1-2H3. The van der Waals surface area contributed by atoms with E-state index in [1.807, 2.05) is 0 Å². The first-order valence-corrected chi connectivity index (χ1v) is 5.07. The van der Waals surface area contributed by atoms with Crippen LogP contribution in [0.3, 0.4) is 0 Å². The van der Waals surface area contributed by atoms with Crippen molar-refractivity contribution >= 4 is 0 Å². The molecule has 0 aliphatic heterocycles. The van der Waals surface area contributed by atoms with E-state index in [0.29, 0.717) is 0 Å². The van der Waals surface area contributed by atoms with Crippen LogP contribution >= 0.6 is 0 Å². The maximum atomic E-state index is 2.44. The van der Waals surface area contributed by atoms with Gasteiger partial charge < -0.3 is 0 Å². The highest BCUT2D eigenvalue weighted by atomic mass is 14.4. The van der Waals surface area contributed by atoms with E-state index in [9.17, 15) is 0 Å². The Morgan fingerprint density at radius 2 is 2.17 bits per heavy atom. The predicted octanol–water partition coefficient (Wildman–Crippen LogP) is 3.55. The molecule has 2 bridgehead atoms. The van der Waals surface area contributed by atoms with Gasteiger partial charge >= 0.3 is 0 Å². The second-order valence-corrected chi connectivity index (χ2v) is 4.56. The number of rotatable bonds is 2. The van der Waals surface area contributed by atoms with E-state index in [2.05, 4.69) is 32.1 Å². The van der Waals surface area contributed by atoms with Gasteiger partial charge in [0.1, 0.15) is 0 Å². The van der Waals surface area contributed by atoms with Gasteiger partial charge in [-0.25, -0.2) is 0 Å². The van der Waals surface area contributed by atoms with Crippen LogP contribution in [0.2, 0.25) is 0 Å². The van der Waals surface area contributed by atoms with E-state index in [4.69, 9.17) is 0 Å². The molecular formula is C12H18. The van der Waals surface area contributed by atoms with Gasteiger partial charge in [-0.1, -0.05) is 23.8 Å². The molecule has 0 saturated heterocycles. The van der Waals surface area contributed by atoms with Crippen molar-refractivity contribution in [2.45, 2.75) is 33.1 Å². The molecule has 3 unspecified atom stereocenters. The fraction of sp³-hybridized carbons (Fsp3) is 0.667. The Labute approximate surface area is 75.4 Å².